The zero-order valence-corrected chi connectivity index (χ0v) is 21.1. The Kier molecular flexibility index (Phi) is 8.49. The first-order chi connectivity index (χ1) is 18.9. The van der Waals surface area contributed by atoms with E-state index in [-0.39, 0.29) is 11.3 Å². The van der Waals surface area contributed by atoms with Gasteiger partial charge in [-0.2, -0.15) is 0 Å². The van der Waals surface area contributed by atoms with Gasteiger partial charge in [-0.25, -0.2) is 30.9 Å². The smallest absolute Gasteiger partial charge is 0.330 e. The molecule has 40 heavy (non-hydrogen) atoms. The van der Waals surface area contributed by atoms with Crippen molar-refractivity contribution in [2.24, 2.45) is 0 Å². The molecule has 0 atom stereocenters. The molecular formula is C24H18F6N3O6P. The highest BCUT2D eigenvalue weighted by Crippen LogP contribution is 2.37. The average Bonchev–Trinajstić information content (AvgIpc) is 3.27. The van der Waals surface area contributed by atoms with Crippen molar-refractivity contribution in [2.45, 2.75) is 12.8 Å². The van der Waals surface area contributed by atoms with Crippen LogP contribution in [0, 0.1) is 23.3 Å². The van der Waals surface area contributed by atoms with E-state index in [1.54, 1.807) is 5.32 Å². The number of ether oxygens (including phenoxy) is 2. The van der Waals surface area contributed by atoms with Crippen molar-refractivity contribution >= 4 is 25.7 Å². The number of alkyl halides is 2. The highest BCUT2D eigenvalue weighted by atomic mass is 31.2. The third kappa shape index (κ3) is 6.28. The summed E-state index contributed by atoms with van der Waals surface area (Å²) in [6.45, 7) is -1.25. The number of carbonyl (C=O) groups is 1. The number of hydrogen-bond acceptors (Lipinski definition) is 7. The topological polar surface area (TPSA) is 115 Å². The SMILES string of the molecule is CC(F)(F)COc1cccc(-c2c(F)c(F)c(NC(=O)c3c(OCOP(O)O)nn4ccccc34)c(F)c2F)c1. The monoisotopic (exact) mass is 589 g/mol. The summed E-state index contributed by atoms with van der Waals surface area (Å²) in [7, 11) is -2.82. The molecule has 4 rings (SSSR count). The number of hydrogen-bond donors (Lipinski definition) is 3. The summed E-state index contributed by atoms with van der Waals surface area (Å²) in [6.07, 6.45) is 1.39. The Bertz CT molecular complexity index is 1530. The molecule has 4 aromatic rings. The first kappa shape index (κ1) is 29.1. The van der Waals surface area contributed by atoms with Crippen LogP contribution >= 0.6 is 8.60 Å². The molecule has 0 spiro atoms. The molecule has 0 saturated carbocycles. The van der Waals surface area contributed by atoms with Crippen molar-refractivity contribution in [2.75, 3.05) is 18.7 Å². The van der Waals surface area contributed by atoms with E-state index in [0.717, 1.165) is 16.6 Å². The summed E-state index contributed by atoms with van der Waals surface area (Å²) in [6, 6.07) is 8.76. The van der Waals surface area contributed by atoms with Gasteiger partial charge in [0, 0.05) is 13.1 Å². The van der Waals surface area contributed by atoms with Gasteiger partial charge in [0.05, 0.1) is 11.1 Å². The lowest BCUT2D eigenvalue weighted by molar-refractivity contribution is -0.0229. The molecule has 0 bridgehead atoms. The molecule has 2 heterocycles. The molecule has 2 aromatic carbocycles. The fourth-order valence-corrected chi connectivity index (χ4v) is 3.69. The van der Waals surface area contributed by atoms with Crippen LogP contribution in [-0.2, 0) is 4.52 Å². The Morgan fingerprint density at radius 3 is 2.38 bits per heavy atom. The van der Waals surface area contributed by atoms with Crippen molar-refractivity contribution in [3.63, 3.8) is 0 Å². The summed E-state index contributed by atoms with van der Waals surface area (Å²) in [4.78, 5) is 30.8. The van der Waals surface area contributed by atoms with E-state index in [0.29, 0.717) is 6.92 Å². The first-order valence-electron chi connectivity index (χ1n) is 11.1. The third-order valence-corrected chi connectivity index (χ3v) is 5.55. The van der Waals surface area contributed by atoms with Crippen LogP contribution in [-0.4, -0.2) is 44.6 Å². The van der Waals surface area contributed by atoms with E-state index in [9.17, 15) is 13.6 Å². The van der Waals surface area contributed by atoms with E-state index in [4.69, 9.17) is 19.3 Å². The Hall–Kier alpha value is -3.91. The predicted octanol–water partition coefficient (Wildman–Crippen LogP) is 5.41. The van der Waals surface area contributed by atoms with Crippen LogP contribution in [0.4, 0.5) is 32.0 Å². The van der Waals surface area contributed by atoms with Gasteiger partial charge in [0.1, 0.15) is 17.0 Å². The molecule has 0 fully saturated rings. The number of halogens is 6. The van der Waals surface area contributed by atoms with E-state index in [1.807, 2.05) is 0 Å². The standard InChI is InChI=1S/C24H18F6N3O6P/c1-24(29,30)10-37-13-6-4-5-12(9-13)15-17(25)19(27)21(20(28)18(15)26)31-22(34)16-14-7-2-3-8-33(14)32-23(16)38-11-39-40(35)36/h2-9,35-36H,10-11H2,1H3,(H,31,34). The Morgan fingerprint density at radius 1 is 1.02 bits per heavy atom. The molecule has 0 aliphatic heterocycles. The van der Waals surface area contributed by atoms with Gasteiger partial charge in [0.2, 0.25) is 5.88 Å². The molecular weight excluding hydrogens is 571 g/mol. The fourth-order valence-electron chi connectivity index (χ4n) is 3.54. The van der Waals surface area contributed by atoms with Gasteiger partial charge in [0.15, 0.2) is 36.7 Å². The van der Waals surface area contributed by atoms with E-state index in [1.165, 1.54) is 36.5 Å². The number of amides is 1. The van der Waals surface area contributed by atoms with Gasteiger partial charge in [-0.1, -0.05) is 18.2 Å². The summed E-state index contributed by atoms with van der Waals surface area (Å²) in [5.41, 5.74) is -3.42. The molecule has 3 N–H and O–H groups in total. The first-order valence-corrected chi connectivity index (χ1v) is 12.2. The number of aromatic nitrogens is 2. The van der Waals surface area contributed by atoms with Gasteiger partial charge < -0.3 is 24.6 Å². The lowest BCUT2D eigenvalue weighted by Gasteiger charge is -2.15. The summed E-state index contributed by atoms with van der Waals surface area (Å²) >= 11 is 0. The number of carbonyl (C=O) groups excluding carboxylic acids is 1. The number of fused-ring (bicyclic) bond motifs is 1. The molecule has 1 amide bonds. The van der Waals surface area contributed by atoms with Crippen LogP contribution in [0.3, 0.4) is 0 Å². The van der Waals surface area contributed by atoms with Crippen molar-refractivity contribution in [1.82, 2.24) is 9.61 Å². The van der Waals surface area contributed by atoms with Gasteiger partial charge in [0.25, 0.3) is 11.8 Å². The highest BCUT2D eigenvalue weighted by Gasteiger charge is 2.30. The van der Waals surface area contributed by atoms with Crippen LogP contribution in [0.5, 0.6) is 11.6 Å². The molecule has 0 radical (unpaired) electrons. The zero-order chi connectivity index (χ0) is 29.2. The van der Waals surface area contributed by atoms with Gasteiger partial charge >= 0.3 is 8.60 Å². The summed E-state index contributed by atoms with van der Waals surface area (Å²) in [5, 5.41) is 5.72. The molecule has 0 aliphatic carbocycles. The van der Waals surface area contributed by atoms with E-state index < -0.39 is 85.4 Å². The Labute approximate surface area is 222 Å². The molecule has 2 aromatic heterocycles. The quantitative estimate of drug-likeness (QED) is 0.0982. The highest BCUT2D eigenvalue weighted by molar-refractivity contribution is 7.39. The van der Waals surface area contributed by atoms with E-state index >= 15 is 17.6 Å². The predicted molar refractivity (Wildman–Crippen MR) is 129 cm³/mol. The van der Waals surface area contributed by atoms with Gasteiger partial charge in [-0.3, -0.25) is 9.32 Å². The largest absolute Gasteiger partial charge is 0.487 e. The van der Waals surface area contributed by atoms with Crippen LogP contribution in [0.25, 0.3) is 16.6 Å². The molecule has 0 saturated heterocycles. The van der Waals surface area contributed by atoms with Crippen LogP contribution in [0.1, 0.15) is 17.3 Å². The second-order valence-corrected chi connectivity index (χ2v) is 8.97. The van der Waals surface area contributed by atoms with Crippen molar-refractivity contribution in [3.8, 4) is 22.8 Å². The second-order valence-electron chi connectivity index (χ2n) is 8.20. The van der Waals surface area contributed by atoms with Crippen LogP contribution in [0.2, 0.25) is 0 Å². The molecule has 212 valence electrons. The molecule has 0 unspecified atom stereocenters. The van der Waals surface area contributed by atoms with E-state index in [2.05, 4.69) is 9.62 Å². The number of benzene rings is 2. The van der Waals surface area contributed by atoms with Crippen LogP contribution < -0.4 is 14.8 Å². The number of nitrogens with one attached hydrogen (secondary N) is 1. The van der Waals surface area contributed by atoms with Crippen molar-refractivity contribution in [1.29, 1.82) is 0 Å². The number of anilines is 1. The molecule has 0 aliphatic rings. The van der Waals surface area contributed by atoms with Gasteiger partial charge in [-0.05, 0) is 29.8 Å². The van der Waals surface area contributed by atoms with Crippen molar-refractivity contribution < 1.29 is 54.9 Å². The van der Waals surface area contributed by atoms with Gasteiger partial charge in [-0.15, -0.1) is 5.10 Å². The molecule has 9 nitrogen and oxygen atoms in total. The van der Waals surface area contributed by atoms with Crippen molar-refractivity contribution in [3.05, 3.63) is 77.5 Å². The Balaban J connectivity index is 1.69. The third-order valence-electron chi connectivity index (χ3n) is 5.22. The normalized spacial score (nSPS) is 11.8. The minimum atomic E-state index is -3.22. The van der Waals surface area contributed by atoms with Crippen LogP contribution in [0.15, 0.2) is 48.7 Å². The second kappa shape index (κ2) is 11.7. The number of pyridine rings is 1. The Morgan fingerprint density at radius 2 is 1.73 bits per heavy atom. The fraction of sp³-hybridized carbons (Fsp3) is 0.167. The lowest BCUT2D eigenvalue weighted by Crippen LogP contribution is -2.20. The minimum absolute atomic E-state index is 0.0538. The maximum Gasteiger partial charge on any atom is 0.330 e. The average molecular weight is 589 g/mol. The lowest BCUT2D eigenvalue weighted by atomic mass is 10.0. The molecule has 16 heteroatoms. The summed E-state index contributed by atoms with van der Waals surface area (Å²) < 4.78 is 102. The summed E-state index contributed by atoms with van der Waals surface area (Å²) in [5.74, 6) is -12.9. The zero-order valence-electron chi connectivity index (χ0n) is 20.2. The maximum atomic E-state index is 15.1. The number of nitrogens with zero attached hydrogens (tertiary/aromatic N) is 2. The number of rotatable bonds is 10. The maximum absolute atomic E-state index is 15.1. The minimum Gasteiger partial charge on any atom is -0.487 e.